The first-order valence-electron chi connectivity index (χ1n) is 7.25. The molecule has 2 aromatic rings. The first-order chi connectivity index (χ1) is 9.83. The van der Waals surface area contributed by atoms with Crippen LogP contribution in [0.2, 0.25) is 0 Å². The average molecular weight is 288 g/mol. The Balaban J connectivity index is 1.48. The first-order valence-corrected chi connectivity index (χ1v) is 8.40. The normalized spacial score (nSPS) is 18.5. The van der Waals surface area contributed by atoms with E-state index in [2.05, 4.69) is 34.7 Å². The van der Waals surface area contributed by atoms with Gasteiger partial charge in [-0.15, -0.1) is 0 Å². The number of rotatable bonds is 5. The summed E-state index contributed by atoms with van der Waals surface area (Å²) in [4.78, 5) is 15.1. The van der Waals surface area contributed by atoms with Crippen LogP contribution < -0.4 is 5.32 Å². The van der Waals surface area contributed by atoms with Crippen molar-refractivity contribution in [3.8, 4) is 0 Å². The molecule has 0 bridgehead atoms. The standard InChI is InChI=1S/C16H20N2OS/c19-16(18-13-8-9-20-11-13)7-3-4-12-10-17-15-6-2-1-5-14(12)15/h1-2,5-6,10,13,17H,3-4,7-9,11H2,(H,18,19). The van der Waals surface area contributed by atoms with E-state index in [0.29, 0.717) is 12.5 Å². The summed E-state index contributed by atoms with van der Waals surface area (Å²) in [5.74, 6) is 2.46. The summed E-state index contributed by atoms with van der Waals surface area (Å²) in [5, 5.41) is 4.41. The van der Waals surface area contributed by atoms with Gasteiger partial charge in [0.2, 0.25) is 5.91 Å². The molecular weight excluding hydrogens is 268 g/mol. The lowest BCUT2D eigenvalue weighted by molar-refractivity contribution is -0.121. The Labute approximate surface area is 123 Å². The molecule has 106 valence electrons. The van der Waals surface area contributed by atoms with Crippen LogP contribution in [0.15, 0.2) is 30.5 Å². The lowest BCUT2D eigenvalue weighted by atomic mass is 10.1. The van der Waals surface area contributed by atoms with E-state index in [0.717, 1.165) is 25.0 Å². The summed E-state index contributed by atoms with van der Waals surface area (Å²) in [5.41, 5.74) is 2.49. The largest absolute Gasteiger partial charge is 0.361 e. The SMILES string of the molecule is O=C(CCCc1c[nH]c2ccccc12)NC1CCSC1. The smallest absolute Gasteiger partial charge is 0.220 e. The Bertz CT molecular complexity index is 587. The third-order valence-electron chi connectivity index (χ3n) is 3.82. The number of aromatic nitrogens is 1. The number of aryl methyl sites for hydroxylation is 1. The zero-order chi connectivity index (χ0) is 13.8. The number of benzene rings is 1. The van der Waals surface area contributed by atoms with Crippen LogP contribution >= 0.6 is 11.8 Å². The van der Waals surface area contributed by atoms with Crippen LogP contribution in [0.3, 0.4) is 0 Å². The number of para-hydroxylation sites is 1. The van der Waals surface area contributed by atoms with E-state index in [-0.39, 0.29) is 5.91 Å². The Morgan fingerprint density at radius 2 is 2.30 bits per heavy atom. The van der Waals surface area contributed by atoms with Crippen molar-refractivity contribution in [2.24, 2.45) is 0 Å². The molecule has 20 heavy (non-hydrogen) atoms. The molecule has 3 rings (SSSR count). The second-order valence-corrected chi connectivity index (χ2v) is 6.49. The molecule has 0 aliphatic carbocycles. The van der Waals surface area contributed by atoms with Crippen molar-refractivity contribution < 1.29 is 4.79 Å². The van der Waals surface area contributed by atoms with E-state index in [9.17, 15) is 4.79 Å². The second kappa shape index (κ2) is 6.35. The number of nitrogens with one attached hydrogen (secondary N) is 2. The maximum atomic E-state index is 11.9. The van der Waals surface area contributed by atoms with Crippen LogP contribution in [0.5, 0.6) is 0 Å². The summed E-state index contributed by atoms with van der Waals surface area (Å²) < 4.78 is 0. The number of carbonyl (C=O) groups is 1. The highest BCUT2D eigenvalue weighted by atomic mass is 32.2. The molecule has 1 saturated heterocycles. The van der Waals surface area contributed by atoms with Gasteiger partial charge in [0.05, 0.1) is 0 Å². The molecular formula is C16H20N2OS. The lowest BCUT2D eigenvalue weighted by Crippen LogP contribution is -2.34. The van der Waals surface area contributed by atoms with Crippen LogP contribution in [0, 0.1) is 0 Å². The van der Waals surface area contributed by atoms with Crippen molar-refractivity contribution in [3.63, 3.8) is 0 Å². The van der Waals surface area contributed by atoms with Crippen molar-refractivity contribution in [1.29, 1.82) is 0 Å². The maximum Gasteiger partial charge on any atom is 0.220 e. The van der Waals surface area contributed by atoms with Gasteiger partial charge in [0.1, 0.15) is 0 Å². The van der Waals surface area contributed by atoms with Gasteiger partial charge in [0, 0.05) is 35.3 Å². The molecule has 1 amide bonds. The van der Waals surface area contributed by atoms with Crippen molar-refractivity contribution in [2.45, 2.75) is 31.7 Å². The number of thioether (sulfide) groups is 1. The molecule has 1 aromatic heterocycles. The highest BCUT2D eigenvalue weighted by molar-refractivity contribution is 7.99. The number of fused-ring (bicyclic) bond motifs is 1. The van der Waals surface area contributed by atoms with E-state index in [4.69, 9.17) is 0 Å². The second-order valence-electron chi connectivity index (χ2n) is 5.34. The predicted molar refractivity (Wildman–Crippen MR) is 85.1 cm³/mol. The van der Waals surface area contributed by atoms with Gasteiger partial charge in [0.25, 0.3) is 0 Å². The van der Waals surface area contributed by atoms with Crippen molar-refractivity contribution in [3.05, 3.63) is 36.0 Å². The molecule has 1 aliphatic heterocycles. The number of H-pyrrole nitrogens is 1. The quantitative estimate of drug-likeness (QED) is 0.888. The number of carbonyl (C=O) groups excluding carboxylic acids is 1. The molecule has 2 heterocycles. The number of hydrogen-bond acceptors (Lipinski definition) is 2. The molecule has 1 atom stereocenters. The fourth-order valence-electron chi connectivity index (χ4n) is 2.73. The van der Waals surface area contributed by atoms with Gasteiger partial charge in [-0.3, -0.25) is 4.79 Å². The van der Waals surface area contributed by atoms with Crippen LogP contribution in [-0.4, -0.2) is 28.4 Å². The first kappa shape index (κ1) is 13.6. The Morgan fingerprint density at radius 3 is 3.15 bits per heavy atom. The fraction of sp³-hybridized carbons (Fsp3) is 0.438. The summed E-state index contributed by atoms with van der Waals surface area (Å²) in [6.07, 6.45) is 5.68. The zero-order valence-corrected chi connectivity index (χ0v) is 12.3. The number of amides is 1. The third kappa shape index (κ3) is 3.18. The molecule has 0 saturated carbocycles. The summed E-state index contributed by atoms with van der Waals surface area (Å²) in [6, 6.07) is 8.72. The van der Waals surface area contributed by atoms with E-state index in [1.807, 2.05) is 17.8 Å². The average Bonchev–Trinajstić information content (AvgIpc) is 3.09. The molecule has 3 nitrogen and oxygen atoms in total. The van der Waals surface area contributed by atoms with Gasteiger partial charge < -0.3 is 10.3 Å². The van der Waals surface area contributed by atoms with Crippen LogP contribution in [0.25, 0.3) is 10.9 Å². The highest BCUT2D eigenvalue weighted by Gasteiger charge is 2.17. The molecule has 1 unspecified atom stereocenters. The van der Waals surface area contributed by atoms with Gasteiger partial charge in [-0.2, -0.15) is 11.8 Å². The summed E-state index contributed by atoms with van der Waals surface area (Å²) in [7, 11) is 0. The van der Waals surface area contributed by atoms with Crippen LogP contribution in [0.4, 0.5) is 0 Å². The molecule has 1 fully saturated rings. The van der Waals surface area contributed by atoms with Crippen LogP contribution in [0.1, 0.15) is 24.8 Å². The Morgan fingerprint density at radius 1 is 1.40 bits per heavy atom. The topological polar surface area (TPSA) is 44.9 Å². The molecule has 1 aromatic carbocycles. The minimum Gasteiger partial charge on any atom is -0.361 e. The minimum atomic E-state index is 0.206. The van der Waals surface area contributed by atoms with Crippen molar-refractivity contribution in [1.82, 2.24) is 10.3 Å². The lowest BCUT2D eigenvalue weighted by Gasteiger charge is -2.10. The molecule has 1 aliphatic rings. The molecule has 0 spiro atoms. The molecule has 2 N–H and O–H groups in total. The van der Waals surface area contributed by atoms with Gasteiger partial charge >= 0.3 is 0 Å². The van der Waals surface area contributed by atoms with Gasteiger partial charge in [0.15, 0.2) is 0 Å². The van der Waals surface area contributed by atoms with Gasteiger partial charge in [-0.25, -0.2) is 0 Å². The van der Waals surface area contributed by atoms with Gasteiger partial charge in [-0.05, 0) is 36.6 Å². The van der Waals surface area contributed by atoms with Crippen LogP contribution in [-0.2, 0) is 11.2 Å². The minimum absolute atomic E-state index is 0.206. The Hall–Kier alpha value is -1.42. The van der Waals surface area contributed by atoms with E-state index in [1.54, 1.807) is 0 Å². The summed E-state index contributed by atoms with van der Waals surface area (Å²) in [6.45, 7) is 0. The number of hydrogen-bond donors (Lipinski definition) is 2. The zero-order valence-electron chi connectivity index (χ0n) is 11.5. The van der Waals surface area contributed by atoms with E-state index >= 15 is 0 Å². The fourth-order valence-corrected chi connectivity index (χ4v) is 3.88. The van der Waals surface area contributed by atoms with Gasteiger partial charge in [-0.1, -0.05) is 18.2 Å². The monoisotopic (exact) mass is 288 g/mol. The van der Waals surface area contributed by atoms with Crippen molar-refractivity contribution in [2.75, 3.05) is 11.5 Å². The molecule has 4 heteroatoms. The van der Waals surface area contributed by atoms with E-state index in [1.165, 1.54) is 22.2 Å². The number of aromatic amines is 1. The highest BCUT2D eigenvalue weighted by Crippen LogP contribution is 2.20. The third-order valence-corrected chi connectivity index (χ3v) is 4.98. The maximum absolute atomic E-state index is 11.9. The predicted octanol–water partition coefficient (Wildman–Crippen LogP) is 3.11. The molecule has 0 radical (unpaired) electrons. The summed E-state index contributed by atoms with van der Waals surface area (Å²) >= 11 is 1.93. The Kier molecular flexibility index (Phi) is 4.31. The van der Waals surface area contributed by atoms with Crippen molar-refractivity contribution >= 4 is 28.6 Å². The van der Waals surface area contributed by atoms with E-state index < -0.39 is 0 Å².